The maximum absolute atomic E-state index is 14.0. The van der Waals surface area contributed by atoms with E-state index in [4.69, 9.17) is 18.9 Å². The van der Waals surface area contributed by atoms with E-state index in [1.807, 2.05) is 56.6 Å². The summed E-state index contributed by atoms with van der Waals surface area (Å²) in [6, 6.07) is 1.96. The van der Waals surface area contributed by atoms with Crippen LogP contribution in [0.1, 0.15) is 115 Å². The quantitative estimate of drug-likeness (QED) is 0.167. The third-order valence-electron chi connectivity index (χ3n) is 12.8. The molecule has 4 aliphatic rings. The molecule has 0 spiro atoms. The van der Waals surface area contributed by atoms with Gasteiger partial charge < -0.3 is 53.4 Å². The van der Waals surface area contributed by atoms with Gasteiger partial charge in [-0.25, -0.2) is 14.6 Å². The predicted octanol–water partition coefficient (Wildman–Crippen LogP) is 6.21. The number of carbonyl (C=O) groups is 3. The number of alkyl halides is 3. The smallest absolute Gasteiger partial charge is 0.433 e. The van der Waals surface area contributed by atoms with Crippen LogP contribution in [0.5, 0.6) is 0 Å². The molecule has 416 valence electrons. The van der Waals surface area contributed by atoms with Crippen LogP contribution in [0.4, 0.5) is 39.8 Å². The summed E-state index contributed by atoms with van der Waals surface area (Å²) >= 11 is 0. The van der Waals surface area contributed by atoms with Crippen LogP contribution in [0.2, 0.25) is 0 Å². The maximum atomic E-state index is 14.0. The van der Waals surface area contributed by atoms with Crippen LogP contribution < -0.4 is 26.2 Å². The standard InChI is InChI=1S/C30H37F3N8O5.C21H30N6O4/c1-6-20-24(38-12-14-39(15-13-38)28(44)46-29(3,4)5)26(43)41-27(36-25(37-41)21-9-7-8-16-45-21)40(20)17-23(42)35-19-10-11-22(30(31,32)33)34-18(19)2;1-5-14-16(25-9-11-26(12-10-25)20(29)31-21(2,3)4)18(28)27-19(22-14)23-17(24-27)15-8-6-7-13-30-15/h9-11H,6-8,12-17H2,1-5H3,(H,35,42);8H,5-7,9-13H2,1-4H3,(H,22,23,24). The van der Waals surface area contributed by atoms with Crippen molar-refractivity contribution in [1.29, 1.82) is 0 Å². The van der Waals surface area contributed by atoms with E-state index in [0.29, 0.717) is 119 Å². The Morgan fingerprint density at radius 3 is 1.70 bits per heavy atom. The number of amides is 3. The molecular formula is C51H67F3N14O9. The molecule has 3 amide bonds. The summed E-state index contributed by atoms with van der Waals surface area (Å²) in [5.41, 5.74) is -0.577. The molecule has 0 aliphatic carbocycles. The van der Waals surface area contributed by atoms with E-state index in [2.05, 4.69) is 35.5 Å². The molecule has 0 saturated carbocycles. The summed E-state index contributed by atoms with van der Waals surface area (Å²) < 4.78 is 65.8. The van der Waals surface area contributed by atoms with E-state index in [9.17, 15) is 37.1 Å². The fourth-order valence-corrected chi connectivity index (χ4v) is 9.17. The molecule has 9 rings (SSSR count). The number of halogens is 3. The highest BCUT2D eigenvalue weighted by Crippen LogP contribution is 2.30. The molecule has 2 N–H and O–H groups in total. The second-order valence-corrected chi connectivity index (χ2v) is 20.9. The van der Waals surface area contributed by atoms with Crippen LogP contribution in [0, 0.1) is 6.92 Å². The number of nitrogens with zero attached hydrogens (tertiary/aromatic N) is 12. The van der Waals surface area contributed by atoms with Gasteiger partial charge in [-0.05, 0) is 111 Å². The summed E-state index contributed by atoms with van der Waals surface area (Å²) in [6.45, 7) is 20.2. The average Bonchev–Trinajstić information content (AvgIpc) is 4.15. The lowest BCUT2D eigenvalue weighted by Crippen LogP contribution is -2.51. The van der Waals surface area contributed by atoms with Crippen molar-refractivity contribution in [3.63, 3.8) is 0 Å². The van der Waals surface area contributed by atoms with E-state index >= 15 is 0 Å². The van der Waals surface area contributed by atoms with Gasteiger partial charge in [-0.1, -0.05) is 13.8 Å². The van der Waals surface area contributed by atoms with Gasteiger partial charge in [0, 0.05) is 58.1 Å². The fourth-order valence-electron chi connectivity index (χ4n) is 9.17. The molecule has 4 aliphatic heterocycles. The first-order valence-corrected chi connectivity index (χ1v) is 25.9. The SMILES string of the molecule is CCc1[nH]c2nc(C3=CCCCO3)nn2c(=O)c1N1CCN(C(=O)OC(C)(C)C)CC1.CCc1c(N2CCN(C(=O)OC(C)(C)C)CC2)c(=O)n2nc(C3=CCCCO3)nc2n1CC(=O)Nc1ccc(C(F)(F)F)nc1C. The Balaban J connectivity index is 0.000000220. The molecule has 0 bridgehead atoms. The Bertz CT molecular complexity index is 3200. The minimum Gasteiger partial charge on any atom is -0.490 e. The number of hydrogen-bond donors (Lipinski definition) is 2. The van der Waals surface area contributed by atoms with Gasteiger partial charge in [-0.2, -0.15) is 32.2 Å². The van der Waals surface area contributed by atoms with E-state index < -0.39 is 40.6 Å². The molecule has 9 heterocycles. The normalized spacial score (nSPS) is 16.5. The number of fused-ring (bicyclic) bond motifs is 2. The second-order valence-electron chi connectivity index (χ2n) is 20.9. The minimum absolute atomic E-state index is 0.00126. The number of aromatic nitrogens is 9. The van der Waals surface area contributed by atoms with Crippen LogP contribution in [0.15, 0.2) is 33.9 Å². The molecular weight excluding hydrogens is 1010 g/mol. The number of aryl methyl sites for hydroxylation is 2. The van der Waals surface area contributed by atoms with Gasteiger partial charge in [-0.15, -0.1) is 10.2 Å². The molecule has 0 atom stereocenters. The molecule has 26 heteroatoms. The molecule has 5 aromatic heterocycles. The van der Waals surface area contributed by atoms with Crippen molar-refractivity contribution in [1.82, 2.24) is 53.5 Å². The van der Waals surface area contributed by atoms with Crippen LogP contribution >= 0.6 is 0 Å². The molecule has 0 radical (unpaired) electrons. The number of piperazine rings is 2. The van der Waals surface area contributed by atoms with Gasteiger partial charge in [0.05, 0.1) is 30.3 Å². The molecule has 5 aromatic rings. The molecule has 23 nitrogen and oxygen atoms in total. The number of rotatable bonds is 9. The summed E-state index contributed by atoms with van der Waals surface area (Å²) in [4.78, 5) is 88.9. The van der Waals surface area contributed by atoms with E-state index in [1.165, 1.54) is 11.4 Å². The summed E-state index contributed by atoms with van der Waals surface area (Å²) in [5, 5.41) is 11.5. The number of pyridine rings is 1. The molecule has 0 unspecified atom stereocenters. The highest BCUT2D eigenvalue weighted by molar-refractivity contribution is 5.91. The van der Waals surface area contributed by atoms with Crippen LogP contribution in [-0.4, -0.2) is 148 Å². The number of carbonyl (C=O) groups excluding carboxylic acids is 3. The molecule has 2 fully saturated rings. The number of ether oxygens (including phenoxy) is 4. The monoisotopic (exact) mass is 1080 g/mol. The van der Waals surface area contributed by atoms with Gasteiger partial charge >= 0.3 is 18.4 Å². The Hall–Kier alpha value is -7.67. The van der Waals surface area contributed by atoms with Gasteiger partial charge in [0.25, 0.3) is 11.1 Å². The molecule has 2 saturated heterocycles. The summed E-state index contributed by atoms with van der Waals surface area (Å²) in [5.74, 6) is 1.62. The Labute approximate surface area is 442 Å². The molecule has 0 aromatic carbocycles. The van der Waals surface area contributed by atoms with Crippen LogP contribution in [0.3, 0.4) is 0 Å². The third kappa shape index (κ3) is 12.8. The van der Waals surface area contributed by atoms with Gasteiger partial charge in [0.2, 0.25) is 29.1 Å². The van der Waals surface area contributed by atoms with Crippen molar-refractivity contribution < 1.29 is 46.5 Å². The van der Waals surface area contributed by atoms with Gasteiger partial charge in [0.15, 0.2) is 11.5 Å². The predicted molar refractivity (Wildman–Crippen MR) is 279 cm³/mol. The highest BCUT2D eigenvalue weighted by Gasteiger charge is 2.35. The number of anilines is 3. The lowest BCUT2D eigenvalue weighted by Gasteiger charge is -2.37. The lowest BCUT2D eigenvalue weighted by atomic mass is 10.2. The zero-order chi connectivity index (χ0) is 55.6. The largest absolute Gasteiger partial charge is 0.490 e. The van der Waals surface area contributed by atoms with Gasteiger partial charge in [-0.3, -0.25) is 14.4 Å². The topological polar surface area (TPSA) is 241 Å². The van der Waals surface area contributed by atoms with Crippen LogP contribution in [0.25, 0.3) is 23.1 Å². The number of H-pyrrole nitrogens is 1. The number of allylic oxidation sites excluding steroid dienone is 2. The highest BCUT2D eigenvalue weighted by atomic mass is 19.4. The first-order chi connectivity index (χ1) is 36.4. The second kappa shape index (κ2) is 22.5. The number of hydrogen-bond acceptors (Lipinski definition) is 16. The number of aromatic amines is 1. The van der Waals surface area contributed by atoms with E-state index in [1.54, 1.807) is 35.1 Å². The Morgan fingerprint density at radius 2 is 1.22 bits per heavy atom. The van der Waals surface area contributed by atoms with Crippen molar-refractivity contribution >= 4 is 58.2 Å². The van der Waals surface area contributed by atoms with E-state index in [-0.39, 0.29) is 41.2 Å². The lowest BCUT2D eigenvalue weighted by molar-refractivity contribution is -0.141. The van der Waals surface area contributed by atoms with Crippen molar-refractivity contribution in [2.75, 3.05) is 80.7 Å². The minimum atomic E-state index is -4.62. The van der Waals surface area contributed by atoms with Gasteiger partial charge in [0.1, 0.15) is 34.8 Å². The number of nitrogens with one attached hydrogen (secondary N) is 2. The third-order valence-corrected chi connectivity index (χ3v) is 12.8. The van der Waals surface area contributed by atoms with Crippen molar-refractivity contribution in [3.05, 3.63) is 79.4 Å². The Morgan fingerprint density at radius 1 is 0.701 bits per heavy atom. The average molecular weight is 1080 g/mol. The summed E-state index contributed by atoms with van der Waals surface area (Å²) in [6.07, 6.45) is 2.86. The van der Waals surface area contributed by atoms with Crippen molar-refractivity contribution in [3.8, 4) is 0 Å². The maximum Gasteiger partial charge on any atom is 0.433 e. The zero-order valence-corrected chi connectivity index (χ0v) is 45.0. The first-order valence-electron chi connectivity index (χ1n) is 25.9. The molecule has 77 heavy (non-hydrogen) atoms. The van der Waals surface area contributed by atoms with Crippen molar-refractivity contribution in [2.24, 2.45) is 0 Å². The van der Waals surface area contributed by atoms with E-state index in [0.717, 1.165) is 48.0 Å². The Kier molecular flexibility index (Phi) is 16.2. The zero-order valence-electron chi connectivity index (χ0n) is 45.0. The fraction of sp³-hybridized carbons (Fsp3) is 0.569. The van der Waals surface area contributed by atoms with Crippen LogP contribution in [-0.2, 0) is 49.3 Å². The van der Waals surface area contributed by atoms with Crippen molar-refractivity contribution in [2.45, 2.75) is 125 Å². The first kappa shape index (κ1) is 55.6. The summed E-state index contributed by atoms with van der Waals surface area (Å²) in [7, 11) is 0.